The first-order valence-corrected chi connectivity index (χ1v) is 7.56. The highest BCUT2D eigenvalue weighted by atomic mass is 16.4. The Morgan fingerprint density at radius 2 is 1.41 bits per heavy atom. The van der Waals surface area contributed by atoms with Crippen molar-refractivity contribution >= 4 is 18.0 Å². The number of carboxylic acids is 1. The standard InChI is InChI=1S/C14H28N4O4/c1-9(2)16-13(21)15-8-6-5-7-11(12(19)20)18-14(22)17-10(3)4/h9-11H,5-8H2,1-4H3,(H,19,20)(H2,15,16,21)(H2,17,18,22). The minimum atomic E-state index is -1.07. The van der Waals surface area contributed by atoms with Gasteiger partial charge in [-0.05, 0) is 47.0 Å². The van der Waals surface area contributed by atoms with E-state index in [1.54, 1.807) is 13.8 Å². The predicted molar refractivity (Wildman–Crippen MR) is 83.7 cm³/mol. The number of amides is 4. The molecule has 0 aromatic rings. The van der Waals surface area contributed by atoms with Crippen molar-refractivity contribution in [1.29, 1.82) is 0 Å². The minimum Gasteiger partial charge on any atom is -0.480 e. The van der Waals surface area contributed by atoms with Crippen LogP contribution >= 0.6 is 0 Å². The Morgan fingerprint density at radius 3 is 1.91 bits per heavy atom. The Balaban J connectivity index is 3.94. The number of rotatable bonds is 9. The molecule has 0 aliphatic rings. The van der Waals surface area contributed by atoms with Crippen LogP contribution in [0, 0.1) is 0 Å². The zero-order valence-corrected chi connectivity index (χ0v) is 13.7. The van der Waals surface area contributed by atoms with E-state index in [1.807, 2.05) is 13.8 Å². The van der Waals surface area contributed by atoms with Crippen LogP contribution < -0.4 is 21.3 Å². The molecule has 0 saturated heterocycles. The molecule has 0 aliphatic heterocycles. The maximum atomic E-state index is 11.5. The van der Waals surface area contributed by atoms with Crippen LogP contribution in [0.1, 0.15) is 47.0 Å². The molecule has 128 valence electrons. The number of urea groups is 2. The fourth-order valence-electron chi connectivity index (χ4n) is 1.71. The third kappa shape index (κ3) is 10.8. The fraction of sp³-hybridized carbons (Fsp3) is 0.786. The second kappa shape index (κ2) is 10.7. The summed E-state index contributed by atoms with van der Waals surface area (Å²) in [5.74, 6) is -1.07. The zero-order valence-electron chi connectivity index (χ0n) is 13.7. The van der Waals surface area contributed by atoms with Gasteiger partial charge in [0, 0.05) is 18.6 Å². The fourth-order valence-corrected chi connectivity index (χ4v) is 1.71. The van der Waals surface area contributed by atoms with Crippen LogP contribution in [0.2, 0.25) is 0 Å². The SMILES string of the molecule is CC(C)NC(=O)NCCCCC(NC(=O)NC(C)C)C(=O)O. The lowest BCUT2D eigenvalue weighted by Crippen LogP contribution is -2.47. The molecule has 5 N–H and O–H groups in total. The minimum absolute atomic E-state index is 0.0573. The summed E-state index contributed by atoms with van der Waals surface area (Å²) in [6.07, 6.45) is 1.54. The second-order valence-electron chi connectivity index (χ2n) is 5.71. The number of carbonyl (C=O) groups is 3. The number of nitrogens with one attached hydrogen (secondary N) is 4. The van der Waals surface area contributed by atoms with Crippen LogP contribution in [0.25, 0.3) is 0 Å². The van der Waals surface area contributed by atoms with E-state index in [1.165, 1.54) is 0 Å². The molecule has 1 unspecified atom stereocenters. The maximum absolute atomic E-state index is 11.5. The monoisotopic (exact) mass is 316 g/mol. The summed E-state index contributed by atoms with van der Waals surface area (Å²) >= 11 is 0. The molecule has 22 heavy (non-hydrogen) atoms. The first kappa shape index (κ1) is 20.0. The molecule has 0 saturated carbocycles. The van der Waals surface area contributed by atoms with Crippen molar-refractivity contribution in [3.05, 3.63) is 0 Å². The van der Waals surface area contributed by atoms with Crippen molar-refractivity contribution in [2.75, 3.05) is 6.54 Å². The van der Waals surface area contributed by atoms with Crippen LogP contribution in [0.5, 0.6) is 0 Å². The first-order chi connectivity index (χ1) is 10.2. The average Bonchev–Trinajstić information content (AvgIpc) is 2.34. The van der Waals surface area contributed by atoms with E-state index in [2.05, 4.69) is 21.3 Å². The summed E-state index contributed by atoms with van der Waals surface area (Å²) in [6, 6.07) is -1.64. The highest BCUT2D eigenvalue weighted by Gasteiger charge is 2.19. The molecule has 0 aromatic carbocycles. The van der Waals surface area contributed by atoms with Gasteiger partial charge in [-0.25, -0.2) is 14.4 Å². The number of carbonyl (C=O) groups excluding carboxylic acids is 2. The summed E-state index contributed by atoms with van der Waals surface area (Å²) in [5, 5.41) is 19.5. The highest BCUT2D eigenvalue weighted by molar-refractivity contribution is 5.82. The van der Waals surface area contributed by atoms with Crippen LogP contribution in [-0.4, -0.2) is 47.8 Å². The van der Waals surface area contributed by atoms with Gasteiger partial charge in [-0.15, -0.1) is 0 Å². The third-order valence-corrected chi connectivity index (χ3v) is 2.65. The quantitative estimate of drug-likeness (QED) is 0.408. The number of carboxylic acid groups (broad SMARTS) is 1. The Morgan fingerprint density at radius 1 is 0.864 bits per heavy atom. The van der Waals surface area contributed by atoms with E-state index in [-0.39, 0.29) is 18.1 Å². The van der Waals surface area contributed by atoms with Gasteiger partial charge in [0.2, 0.25) is 0 Å². The van der Waals surface area contributed by atoms with Gasteiger partial charge in [-0.2, -0.15) is 0 Å². The Labute approximate surface area is 131 Å². The lowest BCUT2D eigenvalue weighted by molar-refractivity contribution is -0.139. The molecule has 0 heterocycles. The number of aliphatic carboxylic acids is 1. The molecule has 0 spiro atoms. The van der Waals surface area contributed by atoms with Gasteiger partial charge in [0.1, 0.15) is 6.04 Å². The number of unbranched alkanes of at least 4 members (excludes halogenated alkanes) is 1. The molecule has 8 nitrogen and oxygen atoms in total. The van der Waals surface area contributed by atoms with Crippen molar-refractivity contribution < 1.29 is 19.5 Å². The Kier molecular flexibility index (Phi) is 9.73. The molecule has 0 bridgehead atoms. The molecule has 0 fully saturated rings. The first-order valence-electron chi connectivity index (χ1n) is 7.56. The number of hydrogen-bond acceptors (Lipinski definition) is 3. The smallest absolute Gasteiger partial charge is 0.326 e. The maximum Gasteiger partial charge on any atom is 0.326 e. The van der Waals surface area contributed by atoms with Gasteiger partial charge in [0.05, 0.1) is 0 Å². The summed E-state index contributed by atoms with van der Waals surface area (Å²) in [4.78, 5) is 33.9. The summed E-state index contributed by atoms with van der Waals surface area (Å²) < 4.78 is 0. The van der Waals surface area contributed by atoms with Gasteiger partial charge < -0.3 is 26.4 Å². The highest BCUT2D eigenvalue weighted by Crippen LogP contribution is 2.01. The largest absolute Gasteiger partial charge is 0.480 e. The lowest BCUT2D eigenvalue weighted by Gasteiger charge is -2.16. The Bertz CT molecular complexity index is 372. The van der Waals surface area contributed by atoms with E-state index in [4.69, 9.17) is 5.11 Å². The van der Waals surface area contributed by atoms with Crippen LogP contribution in [0.3, 0.4) is 0 Å². The van der Waals surface area contributed by atoms with Crippen LogP contribution in [0.15, 0.2) is 0 Å². The second-order valence-corrected chi connectivity index (χ2v) is 5.71. The van der Waals surface area contributed by atoms with Gasteiger partial charge in [-0.3, -0.25) is 0 Å². The molecular weight excluding hydrogens is 288 g/mol. The molecule has 0 radical (unpaired) electrons. The van der Waals surface area contributed by atoms with Crippen molar-refractivity contribution in [3.8, 4) is 0 Å². The van der Waals surface area contributed by atoms with Crippen molar-refractivity contribution in [2.45, 2.75) is 65.1 Å². The van der Waals surface area contributed by atoms with E-state index < -0.39 is 18.0 Å². The molecule has 0 aliphatic carbocycles. The van der Waals surface area contributed by atoms with E-state index in [9.17, 15) is 14.4 Å². The van der Waals surface area contributed by atoms with Crippen molar-refractivity contribution in [3.63, 3.8) is 0 Å². The summed E-state index contributed by atoms with van der Waals surface area (Å²) in [7, 11) is 0. The topological polar surface area (TPSA) is 120 Å². The normalized spacial score (nSPS) is 11.9. The van der Waals surface area contributed by atoms with Crippen LogP contribution in [0.4, 0.5) is 9.59 Å². The molecule has 1 atom stereocenters. The zero-order chi connectivity index (χ0) is 17.1. The van der Waals surface area contributed by atoms with E-state index in [0.717, 1.165) is 0 Å². The van der Waals surface area contributed by atoms with Gasteiger partial charge in [0.25, 0.3) is 0 Å². The molecule has 0 aromatic heterocycles. The van der Waals surface area contributed by atoms with E-state index in [0.29, 0.717) is 25.8 Å². The number of hydrogen-bond donors (Lipinski definition) is 5. The molecular formula is C14H28N4O4. The van der Waals surface area contributed by atoms with Crippen molar-refractivity contribution in [1.82, 2.24) is 21.3 Å². The van der Waals surface area contributed by atoms with Gasteiger partial charge in [0.15, 0.2) is 0 Å². The third-order valence-electron chi connectivity index (χ3n) is 2.65. The van der Waals surface area contributed by atoms with Gasteiger partial charge >= 0.3 is 18.0 Å². The Hall–Kier alpha value is -1.99. The molecule has 0 rings (SSSR count). The molecule has 4 amide bonds. The van der Waals surface area contributed by atoms with Gasteiger partial charge in [-0.1, -0.05) is 0 Å². The average molecular weight is 316 g/mol. The summed E-state index contributed by atoms with van der Waals surface area (Å²) in [6.45, 7) is 7.78. The molecule has 8 heteroatoms. The lowest BCUT2D eigenvalue weighted by atomic mass is 10.1. The predicted octanol–water partition coefficient (Wildman–Crippen LogP) is 1.03. The van der Waals surface area contributed by atoms with Crippen LogP contribution in [-0.2, 0) is 4.79 Å². The van der Waals surface area contributed by atoms with E-state index >= 15 is 0 Å². The summed E-state index contributed by atoms with van der Waals surface area (Å²) in [5.41, 5.74) is 0. The van der Waals surface area contributed by atoms with Crippen molar-refractivity contribution in [2.24, 2.45) is 0 Å².